The molecule has 1 atom stereocenters. The lowest BCUT2D eigenvalue weighted by Gasteiger charge is -2.41. The topological polar surface area (TPSA) is 33.6 Å². The molecule has 1 saturated carbocycles. The van der Waals surface area contributed by atoms with Crippen LogP contribution in [0.15, 0.2) is 5.10 Å². The molecule has 86 valence electrons. The Bertz CT molecular complexity index is 286. The van der Waals surface area contributed by atoms with Crippen molar-refractivity contribution in [2.75, 3.05) is 6.61 Å². The van der Waals surface area contributed by atoms with Crippen LogP contribution >= 0.6 is 0 Å². The van der Waals surface area contributed by atoms with Gasteiger partial charge in [0.1, 0.15) is 0 Å². The molecule has 0 radical (unpaired) electrons. The fraction of sp³-hybridized carbons (Fsp3) is 0.889. The molecule has 6 heteroatoms. The second-order valence-electron chi connectivity index (χ2n) is 3.94. The fourth-order valence-electron chi connectivity index (χ4n) is 1.84. The Hall–Kier alpha value is -0.780. The number of hydrogen-bond acceptors (Lipinski definition) is 3. The SMILES string of the molecule is CCOC1(CC(F)(F)F)NN=C1C1CC1. The van der Waals surface area contributed by atoms with Gasteiger partial charge >= 0.3 is 6.18 Å². The van der Waals surface area contributed by atoms with Crippen LogP contribution in [0.25, 0.3) is 0 Å². The van der Waals surface area contributed by atoms with Gasteiger partial charge in [-0.05, 0) is 19.8 Å². The molecule has 2 rings (SSSR count). The lowest BCUT2D eigenvalue weighted by Crippen LogP contribution is -2.62. The summed E-state index contributed by atoms with van der Waals surface area (Å²) in [5, 5.41) is 3.83. The molecule has 0 aromatic heterocycles. The molecule has 1 heterocycles. The zero-order chi connectivity index (χ0) is 11.1. The van der Waals surface area contributed by atoms with E-state index in [9.17, 15) is 13.2 Å². The number of alkyl halides is 3. The summed E-state index contributed by atoms with van der Waals surface area (Å²) in [6.07, 6.45) is -3.39. The van der Waals surface area contributed by atoms with Crippen LogP contribution in [0.4, 0.5) is 13.2 Å². The summed E-state index contributed by atoms with van der Waals surface area (Å²) in [5.74, 6) is 0.195. The maximum atomic E-state index is 12.4. The van der Waals surface area contributed by atoms with Gasteiger partial charge in [0.15, 0.2) is 0 Å². The number of hydrogen-bond donors (Lipinski definition) is 1. The van der Waals surface area contributed by atoms with Gasteiger partial charge in [-0.1, -0.05) is 0 Å². The summed E-state index contributed by atoms with van der Waals surface area (Å²) in [6.45, 7) is 1.93. The van der Waals surface area contributed by atoms with E-state index in [-0.39, 0.29) is 12.5 Å². The van der Waals surface area contributed by atoms with Crippen LogP contribution in [-0.2, 0) is 4.74 Å². The third kappa shape index (κ3) is 2.09. The van der Waals surface area contributed by atoms with E-state index >= 15 is 0 Å². The minimum atomic E-state index is -4.24. The zero-order valence-electron chi connectivity index (χ0n) is 8.40. The molecular weight excluding hydrogens is 209 g/mol. The first-order valence-corrected chi connectivity index (χ1v) is 5.03. The predicted molar refractivity (Wildman–Crippen MR) is 48.3 cm³/mol. The molecule has 1 unspecified atom stereocenters. The van der Waals surface area contributed by atoms with Crippen molar-refractivity contribution in [3.63, 3.8) is 0 Å². The standard InChI is InChI=1S/C9H13F3N2O/c1-2-15-8(5-9(10,11)12)7(13-14-8)6-3-4-6/h6,14H,2-5H2,1H3. The molecule has 1 aliphatic carbocycles. The third-order valence-corrected chi connectivity index (χ3v) is 2.57. The molecule has 1 fully saturated rings. The van der Waals surface area contributed by atoms with E-state index in [2.05, 4.69) is 10.5 Å². The summed E-state index contributed by atoms with van der Waals surface area (Å²) in [6, 6.07) is 0. The van der Waals surface area contributed by atoms with E-state index in [1.54, 1.807) is 6.92 Å². The predicted octanol–water partition coefficient (Wildman–Crippen LogP) is 2.04. The van der Waals surface area contributed by atoms with Gasteiger partial charge in [-0.25, -0.2) is 0 Å². The largest absolute Gasteiger partial charge is 0.394 e. The van der Waals surface area contributed by atoms with Crippen molar-refractivity contribution in [1.82, 2.24) is 5.43 Å². The van der Waals surface area contributed by atoms with Crippen molar-refractivity contribution in [2.45, 2.75) is 38.1 Å². The minimum absolute atomic E-state index is 0.195. The summed E-state index contributed by atoms with van der Waals surface area (Å²) < 4.78 is 42.3. The number of ether oxygens (including phenoxy) is 1. The number of halogens is 3. The first kappa shape index (κ1) is 10.7. The summed E-state index contributed by atoms with van der Waals surface area (Å²) in [5.41, 5.74) is 1.61. The van der Waals surface area contributed by atoms with Gasteiger partial charge in [0.2, 0.25) is 5.72 Å². The average Bonchev–Trinajstić information content (AvgIpc) is 2.83. The van der Waals surface area contributed by atoms with E-state index in [0.29, 0.717) is 5.71 Å². The molecular formula is C9H13F3N2O. The number of rotatable bonds is 4. The molecule has 0 bridgehead atoms. The molecule has 2 aliphatic rings. The van der Waals surface area contributed by atoms with Crippen LogP contribution in [0.5, 0.6) is 0 Å². The van der Waals surface area contributed by atoms with E-state index in [4.69, 9.17) is 4.74 Å². The normalized spacial score (nSPS) is 30.5. The Balaban J connectivity index is 2.08. The van der Waals surface area contributed by atoms with Crippen molar-refractivity contribution in [3.05, 3.63) is 0 Å². The molecule has 0 spiro atoms. The summed E-state index contributed by atoms with van der Waals surface area (Å²) >= 11 is 0. The van der Waals surface area contributed by atoms with Crippen molar-refractivity contribution < 1.29 is 17.9 Å². The minimum Gasteiger partial charge on any atom is -0.349 e. The first-order valence-electron chi connectivity index (χ1n) is 5.03. The fourth-order valence-corrected chi connectivity index (χ4v) is 1.84. The Morgan fingerprint density at radius 3 is 2.53 bits per heavy atom. The highest BCUT2D eigenvalue weighted by atomic mass is 19.4. The highest BCUT2D eigenvalue weighted by Crippen LogP contribution is 2.42. The van der Waals surface area contributed by atoms with Crippen molar-refractivity contribution >= 4 is 5.71 Å². The Labute approximate surface area is 85.7 Å². The average molecular weight is 222 g/mol. The van der Waals surface area contributed by atoms with Gasteiger partial charge in [0, 0.05) is 12.5 Å². The van der Waals surface area contributed by atoms with Crippen LogP contribution in [0.1, 0.15) is 26.2 Å². The number of hydrazone groups is 1. The Kier molecular flexibility index (Phi) is 2.41. The number of nitrogens with zero attached hydrogens (tertiary/aromatic N) is 1. The van der Waals surface area contributed by atoms with Gasteiger partial charge < -0.3 is 4.74 Å². The first-order chi connectivity index (χ1) is 6.97. The second kappa shape index (κ2) is 3.37. The zero-order valence-corrected chi connectivity index (χ0v) is 8.40. The van der Waals surface area contributed by atoms with Crippen LogP contribution in [0, 0.1) is 5.92 Å². The smallest absolute Gasteiger partial charge is 0.349 e. The van der Waals surface area contributed by atoms with Gasteiger partial charge in [0.25, 0.3) is 0 Å². The Morgan fingerprint density at radius 2 is 2.20 bits per heavy atom. The monoisotopic (exact) mass is 222 g/mol. The van der Waals surface area contributed by atoms with Crippen molar-refractivity contribution in [3.8, 4) is 0 Å². The second-order valence-corrected chi connectivity index (χ2v) is 3.94. The maximum Gasteiger partial charge on any atom is 0.394 e. The van der Waals surface area contributed by atoms with Crippen molar-refractivity contribution in [1.29, 1.82) is 0 Å². The Morgan fingerprint density at radius 1 is 1.53 bits per heavy atom. The molecule has 0 aromatic carbocycles. The van der Waals surface area contributed by atoms with E-state index in [1.165, 1.54) is 0 Å². The lowest BCUT2D eigenvalue weighted by atomic mass is 9.97. The molecule has 1 aliphatic heterocycles. The molecule has 1 N–H and O–H groups in total. The summed E-state index contributed by atoms with van der Waals surface area (Å²) in [4.78, 5) is 0. The molecule has 15 heavy (non-hydrogen) atoms. The van der Waals surface area contributed by atoms with Gasteiger partial charge in [0.05, 0.1) is 12.1 Å². The highest BCUT2D eigenvalue weighted by molar-refractivity contribution is 5.99. The van der Waals surface area contributed by atoms with Crippen molar-refractivity contribution in [2.24, 2.45) is 11.0 Å². The lowest BCUT2D eigenvalue weighted by molar-refractivity contribution is -0.183. The molecule has 3 nitrogen and oxygen atoms in total. The van der Waals surface area contributed by atoms with Gasteiger partial charge in [-0.2, -0.15) is 18.3 Å². The van der Waals surface area contributed by atoms with Gasteiger partial charge in [-0.3, -0.25) is 5.43 Å². The molecule has 0 aromatic rings. The van der Waals surface area contributed by atoms with Crippen LogP contribution in [0.3, 0.4) is 0 Å². The summed E-state index contributed by atoms with van der Waals surface area (Å²) in [7, 11) is 0. The maximum absolute atomic E-state index is 12.4. The van der Waals surface area contributed by atoms with Crippen LogP contribution in [0.2, 0.25) is 0 Å². The quantitative estimate of drug-likeness (QED) is 0.789. The highest BCUT2D eigenvalue weighted by Gasteiger charge is 2.55. The van der Waals surface area contributed by atoms with E-state index in [0.717, 1.165) is 12.8 Å². The number of nitrogens with one attached hydrogen (secondary N) is 1. The molecule has 0 amide bonds. The molecule has 0 saturated heterocycles. The third-order valence-electron chi connectivity index (χ3n) is 2.57. The van der Waals surface area contributed by atoms with Crippen LogP contribution in [-0.4, -0.2) is 24.2 Å². The van der Waals surface area contributed by atoms with Gasteiger partial charge in [-0.15, -0.1) is 0 Å². The van der Waals surface area contributed by atoms with Crippen LogP contribution < -0.4 is 5.43 Å². The van der Waals surface area contributed by atoms with E-state index in [1.807, 2.05) is 0 Å². The van der Waals surface area contributed by atoms with E-state index < -0.39 is 18.3 Å².